The molecule has 0 heterocycles. The molecule has 0 saturated carbocycles. The topological polar surface area (TPSA) is 26.3 Å². The molecule has 15 heavy (non-hydrogen) atoms. The van der Waals surface area contributed by atoms with E-state index in [1.165, 1.54) is 0 Å². The van der Waals surface area contributed by atoms with Crippen LogP contribution in [0, 0.1) is 0 Å². The zero-order valence-electron chi connectivity index (χ0n) is 8.43. The fourth-order valence-corrected chi connectivity index (χ4v) is 1.68. The smallest absolute Gasteiger partial charge is 0.189 e. The van der Waals surface area contributed by atoms with Crippen LogP contribution in [0.3, 0.4) is 0 Å². The highest BCUT2D eigenvalue weighted by atomic mass is 79.9. The Hall–Kier alpha value is -0.380. The molecule has 2 nitrogen and oxygen atoms in total. The molecule has 0 aromatic heterocycles. The molecule has 0 saturated heterocycles. The van der Waals surface area contributed by atoms with Gasteiger partial charge in [-0.1, -0.05) is 34.5 Å². The van der Waals surface area contributed by atoms with Crippen LogP contribution >= 0.6 is 27.5 Å². The lowest BCUT2D eigenvalue weighted by Gasteiger charge is -2.04. The minimum atomic E-state index is -0.0882. The first-order chi connectivity index (χ1) is 7.15. The lowest BCUT2D eigenvalue weighted by Crippen LogP contribution is -2.10. The van der Waals surface area contributed by atoms with E-state index in [4.69, 9.17) is 16.3 Å². The molecule has 0 amide bonds. The molecule has 0 spiro atoms. The highest BCUT2D eigenvalue weighted by Gasteiger charge is 2.10. The van der Waals surface area contributed by atoms with Gasteiger partial charge in [0.25, 0.3) is 0 Å². The summed E-state index contributed by atoms with van der Waals surface area (Å²) in [6.07, 6.45) is 0.902. The van der Waals surface area contributed by atoms with Gasteiger partial charge in [-0.2, -0.15) is 0 Å². The molecule has 0 fully saturated rings. The summed E-state index contributed by atoms with van der Waals surface area (Å²) >= 11 is 9.20. The van der Waals surface area contributed by atoms with Crippen LogP contribution < -0.4 is 0 Å². The molecule has 0 unspecified atom stereocenters. The zero-order valence-corrected chi connectivity index (χ0v) is 10.8. The highest BCUT2D eigenvalue weighted by Crippen LogP contribution is 2.21. The number of ether oxygens (including phenoxy) is 1. The lowest BCUT2D eigenvalue weighted by atomic mass is 10.1. The molecule has 82 valence electrons. The summed E-state index contributed by atoms with van der Waals surface area (Å²) in [5.41, 5.74) is 0.502. The van der Waals surface area contributed by atoms with Gasteiger partial charge in [-0.15, -0.1) is 0 Å². The summed E-state index contributed by atoms with van der Waals surface area (Å²) in [5.74, 6) is -0.0882. The van der Waals surface area contributed by atoms with Gasteiger partial charge in [0, 0.05) is 16.6 Å². The molecule has 1 rings (SSSR count). The number of carbonyl (C=O) groups is 1. The number of halogens is 2. The van der Waals surface area contributed by atoms with Gasteiger partial charge in [-0.25, -0.2) is 0 Å². The molecule has 0 radical (unpaired) electrons. The predicted octanol–water partition coefficient (Wildman–Crippen LogP) is 3.71. The number of hydrogen-bond acceptors (Lipinski definition) is 2. The minimum Gasteiger partial charge on any atom is -0.373 e. The van der Waals surface area contributed by atoms with E-state index in [9.17, 15) is 4.79 Å². The van der Waals surface area contributed by atoms with Gasteiger partial charge in [-0.05, 0) is 24.6 Å². The van der Waals surface area contributed by atoms with Crippen LogP contribution in [-0.4, -0.2) is 19.0 Å². The van der Waals surface area contributed by atoms with E-state index in [0.717, 1.165) is 10.9 Å². The first-order valence-corrected chi connectivity index (χ1v) is 5.88. The van der Waals surface area contributed by atoms with E-state index < -0.39 is 0 Å². The van der Waals surface area contributed by atoms with Crippen LogP contribution in [0.2, 0.25) is 5.02 Å². The minimum absolute atomic E-state index is 0.0873. The van der Waals surface area contributed by atoms with Crippen molar-refractivity contribution >= 4 is 33.3 Å². The molecule has 1 aromatic rings. The van der Waals surface area contributed by atoms with E-state index in [1.54, 1.807) is 18.2 Å². The van der Waals surface area contributed by atoms with Crippen molar-refractivity contribution in [1.82, 2.24) is 0 Å². The van der Waals surface area contributed by atoms with E-state index in [1.807, 2.05) is 6.92 Å². The molecule has 0 bridgehead atoms. The second-order valence-corrected chi connectivity index (χ2v) is 4.42. The predicted molar refractivity (Wildman–Crippen MR) is 64.6 cm³/mol. The third kappa shape index (κ3) is 3.93. The summed E-state index contributed by atoms with van der Waals surface area (Å²) in [6.45, 7) is 2.68. The third-order valence-corrected chi connectivity index (χ3v) is 2.63. The van der Waals surface area contributed by atoms with E-state index in [2.05, 4.69) is 15.9 Å². The number of rotatable bonds is 5. The number of Topliss-reactive ketones (excluding diaryl/α,β-unsaturated/α-hetero) is 1. The monoisotopic (exact) mass is 290 g/mol. The average molecular weight is 292 g/mol. The van der Waals surface area contributed by atoms with E-state index in [-0.39, 0.29) is 12.4 Å². The maximum absolute atomic E-state index is 11.7. The molecule has 0 aliphatic carbocycles. The maximum Gasteiger partial charge on any atom is 0.189 e. The number of carbonyl (C=O) groups excluding carboxylic acids is 1. The van der Waals surface area contributed by atoms with Crippen molar-refractivity contribution in [3.8, 4) is 0 Å². The van der Waals surface area contributed by atoms with Crippen LogP contribution in [0.1, 0.15) is 23.7 Å². The fourth-order valence-electron chi connectivity index (χ4n) is 1.10. The van der Waals surface area contributed by atoms with Crippen LogP contribution in [0.15, 0.2) is 22.7 Å². The molecule has 0 aliphatic heterocycles. The second-order valence-electron chi connectivity index (χ2n) is 3.10. The van der Waals surface area contributed by atoms with Crippen molar-refractivity contribution in [3.63, 3.8) is 0 Å². The number of hydrogen-bond donors (Lipinski definition) is 0. The molecule has 0 atom stereocenters. The SMILES string of the molecule is CCCOCC(=O)c1cc(Br)ccc1Cl. The van der Waals surface area contributed by atoms with E-state index in [0.29, 0.717) is 17.2 Å². The zero-order chi connectivity index (χ0) is 11.3. The first-order valence-electron chi connectivity index (χ1n) is 4.71. The van der Waals surface area contributed by atoms with Crippen LogP contribution in [0.5, 0.6) is 0 Å². The Labute approximate surface area is 103 Å². The molecule has 0 N–H and O–H groups in total. The highest BCUT2D eigenvalue weighted by molar-refractivity contribution is 9.10. The largest absolute Gasteiger partial charge is 0.373 e. The Morgan fingerprint density at radius 1 is 1.53 bits per heavy atom. The molecular weight excluding hydrogens is 279 g/mol. The van der Waals surface area contributed by atoms with Gasteiger partial charge < -0.3 is 4.74 Å². The third-order valence-electron chi connectivity index (χ3n) is 1.81. The van der Waals surface area contributed by atoms with Crippen molar-refractivity contribution in [2.45, 2.75) is 13.3 Å². The van der Waals surface area contributed by atoms with Gasteiger partial charge in [0.2, 0.25) is 0 Å². The Bertz CT molecular complexity index is 352. The van der Waals surface area contributed by atoms with Gasteiger partial charge in [0.1, 0.15) is 6.61 Å². The fraction of sp³-hybridized carbons (Fsp3) is 0.364. The number of benzene rings is 1. The Morgan fingerprint density at radius 3 is 2.93 bits per heavy atom. The Balaban J connectivity index is 2.68. The van der Waals surface area contributed by atoms with Crippen molar-refractivity contribution in [1.29, 1.82) is 0 Å². The van der Waals surface area contributed by atoms with Crippen LogP contribution in [0.25, 0.3) is 0 Å². The van der Waals surface area contributed by atoms with Gasteiger partial charge >= 0.3 is 0 Å². The quantitative estimate of drug-likeness (QED) is 0.610. The standard InChI is InChI=1S/C11H12BrClO2/c1-2-5-15-7-11(14)9-6-8(12)3-4-10(9)13/h3-4,6H,2,5,7H2,1H3. The second kappa shape index (κ2) is 6.26. The summed E-state index contributed by atoms with van der Waals surface area (Å²) in [7, 11) is 0. The van der Waals surface area contributed by atoms with Gasteiger partial charge in [0.15, 0.2) is 5.78 Å². The average Bonchev–Trinajstić information content (AvgIpc) is 2.22. The Kier molecular flexibility index (Phi) is 5.29. The normalized spacial score (nSPS) is 10.3. The van der Waals surface area contributed by atoms with Crippen molar-refractivity contribution in [2.24, 2.45) is 0 Å². The molecule has 1 aromatic carbocycles. The van der Waals surface area contributed by atoms with Crippen molar-refractivity contribution < 1.29 is 9.53 Å². The van der Waals surface area contributed by atoms with Crippen molar-refractivity contribution in [2.75, 3.05) is 13.2 Å². The van der Waals surface area contributed by atoms with Crippen LogP contribution in [-0.2, 0) is 4.74 Å². The molecule has 0 aliphatic rings. The lowest BCUT2D eigenvalue weighted by molar-refractivity contribution is 0.0761. The van der Waals surface area contributed by atoms with Crippen molar-refractivity contribution in [3.05, 3.63) is 33.3 Å². The summed E-state index contributed by atoms with van der Waals surface area (Å²) in [4.78, 5) is 11.7. The van der Waals surface area contributed by atoms with E-state index >= 15 is 0 Å². The van der Waals surface area contributed by atoms with Gasteiger partial charge in [0.05, 0.1) is 5.02 Å². The van der Waals surface area contributed by atoms with Gasteiger partial charge in [-0.3, -0.25) is 4.79 Å². The molecule has 4 heteroatoms. The summed E-state index contributed by atoms with van der Waals surface area (Å²) in [5, 5.41) is 0.461. The molecular formula is C11H12BrClO2. The maximum atomic E-state index is 11.7. The number of ketones is 1. The summed E-state index contributed by atoms with van der Waals surface area (Å²) in [6, 6.07) is 5.20. The Morgan fingerprint density at radius 2 is 2.27 bits per heavy atom. The summed E-state index contributed by atoms with van der Waals surface area (Å²) < 4.78 is 6.01. The van der Waals surface area contributed by atoms with Crippen LogP contribution in [0.4, 0.5) is 0 Å². The first kappa shape index (κ1) is 12.7.